The van der Waals surface area contributed by atoms with Crippen LogP contribution in [0.5, 0.6) is 0 Å². The van der Waals surface area contributed by atoms with Crippen molar-refractivity contribution in [2.45, 2.75) is 0 Å². The van der Waals surface area contributed by atoms with Crippen molar-refractivity contribution in [2.24, 2.45) is 5.10 Å². The molecule has 3 nitrogen and oxygen atoms in total. The Kier molecular flexibility index (Phi) is 0.759. The molecule has 0 aromatic rings. The maximum absolute atomic E-state index is 3.72. The second-order valence-corrected chi connectivity index (χ2v) is 1.29. The van der Waals surface area contributed by atoms with Gasteiger partial charge in [-0.3, -0.25) is 0 Å². The van der Waals surface area contributed by atoms with Gasteiger partial charge >= 0.3 is 0 Å². The monoisotopic (exact) mass is 85.1 g/mol. The highest BCUT2D eigenvalue weighted by Crippen LogP contribution is 1.76. The van der Waals surface area contributed by atoms with Crippen LogP contribution in [0, 0.1) is 0 Å². The van der Waals surface area contributed by atoms with Gasteiger partial charge in [-0.15, -0.1) is 0 Å². The highest BCUT2D eigenvalue weighted by Gasteiger charge is 1.94. The van der Waals surface area contributed by atoms with Gasteiger partial charge in [-0.1, -0.05) is 0 Å². The van der Waals surface area contributed by atoms with Crippen LogP contribution in [-0.4, -0.2) is 24.8 Å². The lowest BCUT2D eigenvalue weighted by molar-refractivity contribution is 0.303. The molecule has 3 heteroatoms. The van der Waals surface area contributed by atoms with Crippen molar-refractivity contribution in [3.63, 3.8) is 0 Å². The van der Waals surface area contributed by atoms with E-state index >= 15 is 0 Å². The fourth-order valence-corrected chi connectivity index (χ4v) is 0.344. The van der Waals surface area contributed by atoms with Gasteiger partial charge in [0.1, 0.15) is 0 Å². The molecule has 6 heavy (non-hydrogen) atoms. The molecule has 1 aliphatic rings. The minimum absolute atomic E-state index is 0.917. The third-order valence-corrected chi connectivity index (χ3v) is 0.675. The Bertz CT molecular complexity index is 60.4. The number of hydrogen-bond donors (Lipinski definition) is 1. The van der Waals surface area contributed by atoms with Gasteiger partial charge in [0.2, 0.25) is 0 Å². The molecule has 0 saturated carbocycles. The Labute approximate surface area is 36.6 Å². The summed E-state index contributed by atoms with van der Waals surface area (Å²) in [6.07, 6.45) is 1.82. The number of hydrazone groups is 1. The molecule has 0 unspecified atom stereocenters. The summed E-state index contributed by atoms with van der Waals surface area (Å²) in [6.45, 7) is 0.917. The topological polar surface area (TPSA) is 27.6 Å². The largest absolute Gasteiger partial charge is 0.241 e. The van der Waals surface area contributed by atoms with Crippen LogP contribution in [0.3, 0.4) is 0 Å². The smallest absolute Gasteiger partial charge is 0.0563 e. The molecule has 34 valence electrons. The number of hydrazine groups is 1. The third kappa shape index (κ3) is 0.490. The van der Waals surface area contributed by atoms with Crippen molar-refractivity contribution in [1.82, 2.24) is 10.5 Å². The molecule has 1 N–H and O–H groups in total. The van der Waals surface area contributed by atoms with E-state index in [1.807, 2.05) is 18.3 Å². The van der Waals surface area contributed by atoms with E-state index in [9.17, 15) is 0 Å². The Hall–Kier alpha value is -0.570. The molecule has 0 bridgehead atoms. The molecular formula is C3H7N3. The van der Waals surface area contributed by atoms with Crippen molar-refractivity contribution < 1.29 is 0 Å². The molecule has 0 saturated heterocycles. The van der Waals surface area contributed by atoms with Crippen LogP contribution in [0.15, 0.2) is 5.10 Å². The lowest BCUT2D eigenvalue weighted by atomic mass is 10.7. The molecule has 0 fully saturated rings. The van der Waals surface area contributed by atoms with Gasteiger partial charge in [-0.05, 0) is 0 Å². The van der Waals surface area contributed by atoms with Crippen LogP contribution in [0.1, 0.15) is 0 Å². The Morgan fingerprint density at radius 3 is 3.00 bits per heavy atom. The minimum atomic E-state index is 0.917. The second kappa shape index (κ2) is 1.26. The fourth-order valence-electron chi connectivity index (χ4n) is 0.344. The Morgan fingerprint density at radius 1 is 2.00 bits per heavy atom. The Balaban J connectivity index is 2.32. The molecule has 1 aliphatic heterocycles. The lowest BCUT2D eigenvalue weighted by Crippen LogP contribution is -2.24. The molecule has 0 atom stereocenters. The number of nitrogens with zero attached hydrogens (tertiary/aromatic N) is 2. The molecule has 0 aromatic carbocycles. The van der Waals surface area contributed by atoms with Gasteiger partial charge < -0.3 is 0 Å². The zero-order valence-corrected chi connectivity index (χ0v) is 3.68. The first-order chi connectivity index (χ1) is 2.89. The lowest BCUT2D eigenvalue weighted by Gasteiger charge is -2.02. The van der Waals surface area contributed by atoms with E-state index in [1.54, 1.807) is 0 Å². The highest BCUT2D eigenvalue weighted by molar-refractivity contribution is 5.60. The van der Waals surface area contributed by atoms with Gasteiger partial charge in [0.05, 0.1) is 6.54 Å². The maximum atomic E-state index is 3.72. The normalized spacial score (nSPS) is 21.5. The van der Waals surface area contributed by atoms with E-state index in [0.29, 0.717) is 0 Å². The number of rotatable bonds is 0. The molecule has 0 amide bonds. The predicted molar refractivity (Wildman–Crippen MR) is 24.3 cm³/mol. The molecule has 1 heterocycles. The van der Waals surface area contributed by atoms with E-state index in [1.165, 1.54) is 0 Å². The maximum Gasteiger partial charge on any atom is 0.0563 e. The molecule has 0 radical (unpaired) electrons. The summed E-state index contributed by atoms with van der Waals surface area (Å²) in [4.78, 5) is 0. The molecular weight excluding hydrogens is 78.1 g/mol. The zero-order chi connectivity index (χ0) is 4.41. The average Bonchev–Trinajstić information content (AvgIpc) is 1.86. The fraction of sp³-hybridized carbons (Fsp3) is 0.667. The van der Waals surface area contributed by atoms with E-state index in [2.05, 4.69) is 10.6 Å². The highest BCUT2D eigenvalue weighted by atomic mass is 15.7. The Morgan fingerprint density at radius 2 is 2.83 bits per heavy atom. The summed E-state index contributed by atoms with van der Waals surface area (Å²) < 4.78 is 0. The van der Waals surface area contributed by atoms with E-state index in [-0.39, 0.29) is 0 Å². The van der Waals surface area contributed by atoms with Gasteiger partial charge in [0.15, 0.2) is 0 Å². The molecule has 1 rings (SSSR count). The molecule has 0 aromatic heterocycles. The molecule has 0 spiro atoms. The average molecular weight is 85.1 g/mol. The number of hydrogen-bond acceptors (Lipinski definition) is 3. The van der Waals surface area contributed by atoms with Crippen molar-refractivity contribution >= 4 is 6.21 Å². The minimum Gasteiger partial charge on any atom is -0.241 e. The zero-order valence-electron chi connectivity index (χ0n) is 3.68. The first-order valence-electron chi connectivity index (χ1n) is 1.88. The number of nitrogens with one attached hydrogen (secondary N) is 1. The summed E-state index contributed by atoms with van der Waals surface area (Å²) in [5.41, 5.74) is 2.72. The van der Waals surface area contributed by atoms with E-state index in [0.717, 1.165) is 6.54 Å². The van der Waals surface area contributed by atoms with Crippen molar-refractivity contribution in [3.8, 4) is 0 Å². The summed E-state index contributed by atoms with van der Waals surface area (Å²) >= 11 is 0. The quantitative estimate of drug-likeness (QED) is 0.426. The van der Waals surface area contributed by atoms with Crippen molar-refractivity contribution in [3.05, 3.63) is 0 Å². The summed E-state index contributed by atoms with van der Waals surface area (Å²) in [6, 6.07) is 0. The van der Waals surface area contributed by atoms with Crippen molar-refractivity contribution in [2.75, 3.05) is 13.6 Å². The summed E-state index contributed by atoms with van der Waals surface area (Å²) in [5, 5.41) is 5.60. The standard InChI is InChI=1S/C3H7N3/c1-6-3-2-4-5-6/h2,5H,3H2,1H3. The first-order valence-corrected chi connectivity index (χ1v) is 1.88. The van der Waals surface area contributed by atoms with Crippen LogP contribution >= 0.6 is 0 Å². The van der Waals surface area contributed by atoms with Gasteiger partial charge in [0, 0.05) is 13.3 Å². The van der Waals surface area contributed by atoms with Crippen LogP contribution in [0.4, 0.5) is 0 Å². The molecule has 0 aliphatic carbocycles. The summed E-state index contributed by atoms with van der Waals surface area (Å²) in [5.74, 6) is 0. The SMILES string of the molecule is CN1CC=NN1. The van der Waals surface area contributed by atoms with Gasteiger partial charge in [-0.25, -0.2) is 10.5 Å². The van der Waals surface area contributed by atoms with Crippen LogP contribution in [0.2, 0.25) is 0 Å². The van der Waals surface area contributed by atoms with Gasteiger partial charge in [-0.2, -0.15) is 5.10 Å². The predicted octanol–water partition coefficient (Wildman–Crippen LogP) is -0.578. The summed E-state index contributed by atoms with van der Waals surface area (Å²) in [7, 11) is 1.94. The first kappa shape index (κ1) is 3.61. The third-order valence-electron chi connectivity index (χ3n) is 0.675. The second-order valence-electron chi connectivity index (χ2n) is 1.29. The van der Waals surface area contributed by atoms with E-state index in [4.69, 9.17) is 0 Å². The van der Waals surface area contributed by atoms with Crippen LogP contribution < -0.4 is 5.53 Å². The van der Waals surface area contributed by atoms with Crippen molar-refractivity contribution in [1.29, 1.82) is 0 Å². The van der Waals surface area contributed by atoms with Crippen LogP contribution in [0.25, 0.3) is 0 Å². The van der Waals surface area contributed by atoms with E-state index < -0.39 is 0 Å². The van der Waals surface area contributed by atoms with Gasteiger partial charge in [0.25, 0.3) is 0 Å². The van der Waals surface area contributed by atoms with Crippen LogP contribution in [-0.2, 0) is 0 Å².